The highest BCUT2D eigenvalue weighted by Gasteiger charge is 2.13. The number of hydrogen-bond acceptors (Lipinski definition) is 3. The van der Waals surface area contributed by atoms with Crippen LogP contribution in [-0.2, 0) is 4.79 Å². The maximum Gasteiger partial charge on any atom is 0.254 e. The maximum absolute atomic E-state index is 13.6. The third kappa shape index (κ3) is 5.14. The first-order chi connectivity index (χ1) is 13.5. The number of benzene rings is 3. The first kappa shape index (κ1) is 19.0. The molecule has 3 aromatic carbocycles. The van der Waals surface area contributed by atoms with Crippen LogP contribution in [0.15, 0.2) is 72.8 Å². The van der Waals surface area contributed by atoms with Crippen LogP contribution < -0.4 is 16.0 Å². The molecule has 0 aliphatic rings. The van der Waals surface area contributed by atoms with E-state index in [0.29, 0.717) is 11.8 Å². The Hall–Kier alpha value is -3.74. The molecule has 0 bridgehead atoms. The van der Waals surface area contributed by atoms with Gasteiger partial charge in [-0.2, -0.15) is 0 Å². The summed E-state index contributed by atoms with van der Waals surface area (Å²) in [6, 6.07) is 19.3. The number of carbonyl (C=O) groups excluding carboxylic acids is 2. The molecule has 0 spiro atoms. The lowest BCUT2D eigenvalue weighted by Gasteiger charge is -2.09. The van der Waals surface area contributed by atoms with Gasteiger partial charge in [-0.3, -0.25) is 9.59 Å². The Morgan fingerprint density at radius 1 is 0.786 bits per heavy atom. The second-order valence-electron chi connectivity index (χ2n) is 5.92. The molecule has 5 nitrogen and oxygen atoms in total. The number of para-hydroxylation sites is 1. The fourth-order valence-corrected chi connectivity index (χ4v) is 2.46. The van der Waals surface area contributed by atoms with Gasteiger partial charge in [0.15, 0.2) is 0 Å². The molecule has 3 rings (SSSR count). The number of halogens is 2. The van der Waals surface area contributed by atoms with Gasteiger partial charge in [0, 0.05) is 23.1 Å². The summed E-state index contributed by atoms with van der Waals surface area (Å²) in [5.74, 6) is -3.04. The third-order valence-corrected chi connectivity index (χ3v) is 3.82. The molecular weight excluding hydrogens is 364 g/mol. The van der Waals surface area contributed by atoms with Crippen LogP contribution in [-0.4, -0.2) is 18.4 Å². The minimum atomic E-state index is -0.987. The van der Waals surface area contributed by atoms with Gasteiger partial charge in [-0.05, 0) is 48.5 Å². The van der Waals surface area contributed by atoms with Gasteiger partial charge < -0.3 is 16.0 Å². The van der Waals surface area contributed by atoms with Crippen molar-refractivity contribution in [2.24, 2.45) is 0 Å². The van der Waals surface area contributed by atoms with Crippen molar-refractivity contribution in [2.45, 2.75) is 0 Å². The standard InChI is InChI=1S/C21H17F2N3O2/c22-14-6-11-18(19(23)12-14)21(28)24-13-20(27)26-17-9-7-16(8-10-17)25-15-4-2-1-3-5-15/h1-12,25H,13H2,(H,24,28)(H,26,27). The van der Waals surface area contributed by atoms with Crippen molar-refractivity contribution in [1.29, 1.82) is 0 Å². The number of anilines is 3. The van der Waals surface area contributed by atoms with Crippen LogP contribution >= 0.6 is 0 Å². The van der Waals surface area contributed by atoms with E-state index >= 15 is 0 Å². The summed E-state index contributed by atoms with van der Waals surface area (Å²) in [6.07, 6.45) is 0. The molecule has 3 N–H and O–H groups in total. The molecule has 0 unspecified atom stereocenters. The van der Waals surface area contributed by atoms with E-state index in [1.165, 1.54) is 0 Å². The van der Waals surface area contributed by atoms with Gasteiger partial charge in [0.05, 0.1) is 12.1 Å². The minimum Gasteiger partial charge on any atom is -0.356 e. The Morgan fingerprint density at radius 2 is 1.43 bits per heavy atom. The van der Waals surface area contributed by atoms with Crippen LogP contribution in [0.1, 0.15) is 10.4 Å². The molecule has 0 aliphatic carbocycles. The zero-order valence-corrected chi connectivity index (χ0v) is 14.7. The number of carbonyl (C=O) groups is 2. The molecule has 0 saturated carbocycles. The third-order valence-electron chi connectivity index (χ3n) is 3.82. The number of amides is 2. The van der Waals surface area contributed by atoms with Gasteiger partial charge in [-0.25, -0.2) is 8.78 Å². The second-order valence-corrected chi connectivity index (χ2v) is 5.92. The summed E-state index contributed by atoms with van der Waals surface area (Å²) < 4.78 is 26.4. The Bertz CT molecular complexity index is 977. The van der Waals surface area contributed by atoms with Crippen molar-refractivity contribution in [3.8, 4) is 0 Å². The zero-order chi connectivity index (χ0) is 19.9. The zero-order valence-electron chi connectivity index (χ0n) is 14.7. The van der Waals surface area contributed by atoms with Crippen molar-refractivity contribution < 1.29 is 18.4 Å². The van der Waals surface area contributed by atoms with Crippen molar-refractivity contribution in [3.05, 3.63) is 90.0 Å². The Morgan fingerprint density at radius 3 is 2.11 bits per heavy atom. The number of rotatable bonds is 6. The lowest BCUT2D eigenvalue weighted by atomic mass is 10.2. The summed E-state index contributed by atoms with van der Waals surface area (Å²) in [4.78, 5) is 23.9. The van der Waals surface area contributed by atoms with Crippen LogP contribution in [0.5, 0.6) is 0 Å². The van der Waals surface area contributed by atoms with Crippen molar-refractivity contribution in [2.75, 3.05) is 17.2 Å². The molecule has 0 heterocycles. The lowest BCUT2D eigenvalue weighted by molar-refractivity contribution is -0.115. The molecule has 0 fully saturated rings. The van der Waals surface area contributed by atoms with Crippen molar-refractivity contribution >= 4 is 28.9 Å². The Balaban J connectivity index is 1.51. The van der Waals surface area contributed by atoms with Crippen LogP contribution in [0.2, 0.25) is 0 Å². The molecule has 3 aromatic rings. The first-order valence-corrected chi connectivity index (χ1v) is 8.46. The monoisotopic (exact) mass is 381 g/mol. The highest BCUT2D eigenvalue weighted by molar-refractivity contribution is 5.99. The fraction of sp³-hybridized carbons (Fsp3) is 0.0476. The van der Waals surface area contributed by atoms with Gasteiger partial charge in [-0.1, -0.05) is 18.2 Å². The molecular formula is C21H17F2N3O2. The van der Waals surface area contributed by atoms with Crippen molar-refractivity contribution in [3.63, 3.8) is 0 Å². The molecule has 142 valence electrons. The van der Waals surface area contributed by atoms with E-state index in [-0.39, 0.29) is 12.1 Å². The molecule has 0 atom stereocenters. The van der Waals surface area contributed by atoms with Gasteiger partial charge in [-0.15, -0.1) is 0 Å². The van der Waals surface area contributed by atoms with Gasteiger partial charge in [0.25, 0.3) is 5.91 Å². The van der Waals surface area contributed by atoms with E-state index in [2.05, 4.69) is 16.0 Å². The summed E-state index contributed by atoms with van der Waals surface area (Å²) >= 11 is 0. The summed E-state index contributed by atoms with van der Waals surface area (Å²) in [5.41, 5.74) is 2.01. The average molecular weight is 381 g/mol. The quantitative estimate of drug-likeness (QED) is 0.603. The average Bonchev–Trinajstić information content (AvgIpc) is 2.68. The topological polar surface area (TPSA) is 70.2 Å². The van der Waals surface area contributed by atoms with Crippen LogP contribution in [0.4, 0.5) is 25.8 Å². The van der Waals surface area contributed by atoms with Crippen LogP contribution in [0, 0.1) is 11.6 Å². The molecule has 0 aliphatic heterocycles. The molecule has 2 amide bonds. The predicted molar refractivity (Wildman–Crippen MR) is 103 cm³/mol. The van der Waals surface area contributed by atoms with E-state index < -0.39 is 23.4 Å². The van der Waals surface area contributed by atoms with E-state index in [1.54, 1.807) is 24.3 Å². The molecule has 0 radical (unpaired) electrons. The molecule has 0 saturated heterocycles. The van der Waals surface area contributed by atoms with E-state index in [4.69, 9.17) is 0 Å². The van der Waals surface area contributed by atoms with E-state index in [0.717, 1.165) is 23.5 Å². The molecule has 0 aromatic heterocycles. The first-order valence-electron chi connectivity index (χ1n) is 8.46. The molecule has 7 heteroatoms. The smallest absolute Gasteiger partial charge is 0.254 e. The Kier molecular flexibility index (Phi) is 5.96. The predicted octanol–water partition coefficient (Wildman–Crippen LogP) is 4.08. The normalized spacial score (nSPS) is 10.2. The summed E-state index contributed by atoms with van der Waals surface area (Å²) in [5, 5.41) is 8.15. The SMILES string of the molecule is O=C(CNC(=O)c1ccc(F)cc1F)Nc1ccc(Nc2ccccc2)cc1. The number of nitrogens with one attached hydrogen (secondary N) is 3. The number of hydrogen-bond donors (Lipinski definition) is 3. The minimum absolute atomic E-state index is 0.328. The van der Waals surface area contributed by atoms with E-state index in [9.17, 15) is 18.4 Å². The van der Waals surface area contributed by atoms with Gasteiger partial charge >= 0.3 is 0 Å². The summed E-state index contributed by atoms with van der Waals surface area (Å²) in [7, 11) is 0. The van der Waals surface area contributed by atoms with E-state index in [1.807, 2.05) is 30.3 Å². The maximum atomic E-state index is 13.6. The lowest BCUT2D eigenvalue weighted by Crippen LogP contribution is -2.33. The van der Waals surface area contributed by atoms with Crippen LogP contribution in [0.25, 0.3) is 0 Å². The molecule has 28 heavy (non-hydrogen) atoms. The largest absolute Gasteiger partial charge is 0.356 e. The van der Waals surface area contributed by atoms with Crippen LogP contribution in [0.3, 0.4) is 0 Å². The second kappa shape index (κ2) is 8.77. The highest BCUT2D eigenvalue weighted by Crippen LogP contribution is 2.18. The van der Waals surface area contributed by atoms with Crippen molar-refractivity contribution in [1.82, 2.24) is 5.32 Å². The van der Waals surface area contributed by atoms with Gasteiger partial charge in [0.1, 0.15) is 11.6 Å². The fourth-order valence-electron chi connectivity index (χ4n) is 2.46. The van der Waals surface area contributed by atoms with Gasteiger partial charge in [0.2, 0.25) is 5.91 Å². The Labute approximate surface area is 160 Å². The highest BCUT2D eigenvalue weighted by atomic mass is 19.1. The summed E-state index contributed by atoms with van der Waals surface area (Å²) in [6.45, 7) is -0.348.